The molecule has 0 spiro atoms. The maximum absolute atomic E-state index is 11.9. The molecule has 1 fully saturated rings. The average molecular weight is 303 g/mol. The Bertz CT molecular complexity index is 370. The summed E-state index contributed by atoms with van der Waals surface area (Å²) in [6, 6.07) is -0.515. The van der Waals surface area contributed by atoms with Gasteiger partial charge in [-0.15, -0.1) is 0 Å². The molecule has 20 heavy (non-hydrogen) atoms. The van der Waals surface area contributed by atoms with Gasteiger partial charge in [0, 0.05) is 38.4 Å². The monoisotopic (exact) mass is 303 g/mol. The lowest BCUT2D eigenvalue weighted by Crippen LogP contribution is -2.53. The van der Waals surface area contributed by atoms with Crippen molar-refractivity contribution >= 4 is 29.5 Å². The maximum Gasteiger partial charge on any atom is 0.320 e. The predicted molar refractivity (Wildman–Crippen MR) is 76.4 cm³/mol. The zero-order valence-electron chi connectivity index (χ0n) is 11.6. The number of carboxylic acid groups (broad SMARTS) is 1. The lowest BCUT2D eigenvalue weighted by molar-refractivity contribution is -0.144. The van der Waals surface area contributed by atoms with Crippen LogP contribution < -0.4 is 5.73 Å². The standard InChI is InChI=1S/C12H21N3O4S/c1-9(12(18)19)14-3-5-15(6-4-14)11(17)2-7-20-8-10(13)16/h9H,2-8H2,1H3,(H2,13,16)(H,18,19). The van der Waals surface area contributed by atoms with Gasteiger partial charge >= 0.3 is 5.97 Å². The number of carboxylic acids is 1. The van der Waals surface area contributed by atoms with Crippen LogP contribution in [0.1, 0.15) is 13.3 Å². The summed E-state index contributed by atoms with van der Waals surface area (Å²) >= 11 is 1.35. The fourth-order valence-corrected chi connectivity index (χ4v) is 2.67. The molecule has 0 bridgehead atoms. The number of carbonyl (C=O) groups excluding carboxylic acids is 2. The normalized spacial score (nSPS) is 17.8. The molecule has 1 unspecified atom stereocenters. The van der Waals surface area contributed by atoms with Gasteiger partial charge in [-0.25, -0.2) is 0 Å². The van der Waals surface area contributed by atoms with Crippen molar-refractivity contribution in [3.05, 3.63) is 0 Å². The van der Waals surface area contributed by atoms with Crippen molar-refractivity contribution in [2.24, 2.45) is 5.73 Å². The lowest BCUT2D eigenvalue weighted by atomic mass is 10.2. The Morgan fingerprint density at radius 2 is 1.85 bits per heavy atom. The fraction of sp³-hybridized carbons (Fsp3) is 0.750. The SMILES string of the molecule is CC(C(=O)O)N1CCN(C(=O)CCSCC(N)=O)CC1. The van der Waals surface area contributed by atoms with Crippen LogP contribution in [0, 0.1) is 0 Å². The molecule has 7 nitrogen and oxygen atoms in total. The first kappa shape index (κ1) is 16.8. The Labute approximate surface area is 122 Å². The second kappa shape index (κ2) is 8.11. The molecule has 1 saturated heterocycles. The van der Waals surface area contributed by atoms with Crippen LogP contribution in [0.2, 0.25) is 0 Å². The highest BCUT2D eigenvalue weighted by Crippen LogP contribution is 2.09. The topological polar surface area (TPSA) is 104 Å². The number of hydrogen-bond acceptors (Lipinski definition) is 5. The van der Waals surface area contributed by atoms with Crippen molar-refractivity contribution in [2.75, 3.05) is 37.7 Å². The quantitative estimate of drug-likeness (QED) is 0.598. The third-order valence-corrected chi connectivity index (χ3v) is 4.26. The zero-order chi connectivity index (χ0) is 15.1. The predicted octanol–water partition coefficient (Wildman–Crippen LogP) is -0.788. The molecule has 0 saturated carbocycles. The molecule has 1 heterocycles. The molecule has 114 valence electrons. The Morgan fingerprint density at radius 3 is 2.35 bits per heavy atom. The molecule has 1 rings (SSSR count). The van der Waals surface area contributed by atoms with E-state index < -0.39 is 12.0 Å². The Balaban J connectivity index is 2.25. The summed E-state index contributed by atoms with van der Waals surface area (Å²) in [7, 11) is 0. The molecule has 1 aliphatic rings. The fourth-order valence-electron chi connectivity index (χ4n) is 2.01. The van der Waals surface area contributed by atoms with Crippen LogP contribution >= 0.6 is 11.8 Å². The smallest absolute Gasteiger partial charge is 0.320 e. The van der Waals surface area contributed by atoms with Crippen molar-refractivity contribution in [2.45, 2.75) is 19.4 Å². The van der Waals surface area contributed by atoms with Gasteiger partial charge in [0.2, 0.25) is 11.8 Å². The van der Waals surface area contributed by atoms with Crippen LogP contribution in [-0.4, -0.2) is 76.4 Å². The average Bonchev–Trinajstić information content (AvgIpc) is 2.42. The molecule has 0 aliphatic carbocycles. The van der Waals surface area contributed by atoms with Gasteiger partial charge in [0.05, 0.1) is 5.75 Å². The number of hydrogen-bond donors (Lipinski definition) is 2. The van der Waals surface area contributed by atoms with E-state index in [1.54, 1.807) is 11.8 Å². The largest absolute Gasteiger partial charge is 0.480 e. The van der Waals surface area contributed by atoms with E-state index in [1.807, 2.05) is 4.90 Å². The van der Waals surface area contributed by atoms with Gasteiger partial charge in [-0.1, -0.05) is 0 Å². The summed E-state index contributed by atoms with van der Waals surface area (Å²) < 4.78 is 0. The summed E-state index contributed by atoms with van der Waals surface area (Å²) in [6.45, 7) is 3.91. The lowest BCUT2D eigenvalue weighted by Gasteiger charge is -2.36. The molecule has 0 aromatic rings. The highest BCUT2D eigenvalue weighted by Gasteiger charge is 2.26. The van der Waals surface area contributed by atoms with Crippen LogP contribution in [-0.2, 0) is 14.4 Å². The number of nitrogens with zero attached hydrogens (tertiary/aromatic N) is 2. The molecule has 2 amide bonds. The van der Waals surface area contributed by atoms with Gasteiger partial charge in [-0.05, 0) is 6.92 Å². The summed E-state index contributed by atoms with van der Waals surface area (Å²) in [5.41, 5.74) is 5.01. The molecule has 3 N–H and O–H groups in total. The minimum absolute atomic E-state index is 0.0459. The van der Waals surface area contributed by atoms with Crippen LogP contribution in [0.4, 0.5) is 0 Å². The van der Waals surface area contributed by atoms with Crippen molar-refractivity contribution in [3.8, 4) is 0 Å². The van der Waals surface area contributed by atoms with E-state index in [0.29, 0.717) is 38.4 Å². The van der Waals surface area contributed by atoms with Crippen molar-refractivity contribution in [1.29, 1.82) is 0 Å². The molecule has 0 aromatic heterocycles. The van der Waals surface area contributed by atoms with Crippen molar-refractivity contribution < 1.29 is 19.5 Å². The molecule has 8 heteroatoms. The molecule has 1 aliphatic heterocycles. The minimum Gasteiger partial charge on any atom is -0.480 e. The first-order chi connectivity index (χ1) is 9.41. The van der Waals surface area contributed by atoms with Gasteiger partial charge < -0.3 is 15.7 Å². The summed E-state index contributed by atoms with van der Waals surface area (Å²) in [5, 5.41) is 8.93. The Hall–Kier alpha value is -1.28. The number of rotatable bonds is 7. The van der Waals surface area contributed by atoms with Gasteiger partial charge in [0.25, 0.3) is 0 Å². The van der Waals surface area contributed by atoms with E-state index in [1.165, 1.54) is 11.8 Å². The minimum atomic E-state index is -0.840. The first-order valence-electron chi connectivity index (χ1n) is 6.52. The summed E-state index contributed by atoms with van der Waals surface area (Å²) in [5.74, 6) is -0.360. The molecular weight excluding hydrogens is 282 g/mol. The second-order valence-electron chi connectivity index (χ2n) is 4.70. The first-order valence-corrected chi connectivity index (χ1v) is 7.68. The number of carbonyl (C=O) groups is 3. The van der Waals surface area contributed by atoms with Crippen LogP contribution in [0.3, 0.4) is 0 Å². The third-order valence-electron chi connectivity index (χ3n) is 3.28. The van der Waals surface area contributed by atoms with E-state index in [0.717, 1.165) is 0 Å². The maximum atomic E-state index is 11.9. The van der Waals surface area contributed by atoms with Gasteiger partial charge in [-0.2, -0.15) is 11.8 Å². The summed E-state index contributed by atoms with van der Waals surface area (Å²) in [4.78, 5) is 36.9. The van der Waals surface area contributed by atoms with Crippen molar-refractivity contribution in [3.63, 3.8) is 0 Å². The number of nitrogens with two attached hydrogens (primary N) is 1. The van der Waals surface area contributed by atoms with Gasteiger partial charge in [0.15, 0.2) is 0 Å². The van der Waals surface area contributed by atoms with E-state index >= 15 is 0 Å². The molecular formula is C12H21N3O4S. The van der Waals surface area contributed by atoms with Crippen LogP contribution in [0.15, 0.2) is 0 Å². The molecule has 0 radical (unpaired) electrons. The van der Waals surface area contributed by atoms with Crippen LogP contribution in [0.25, 0.3) is 0 Å². The number of amides is 2. The Kier molecular flexibility index (Phi) is 6.80. The van der Waals surface area contributed by atoms with Crippen molar-refractivity contribution in [1.82, 2.24) is 9.80 Å². The highest BCUT2D eigenvalue weighted by atomic mass is 32.2. The summed E-state index contributed by atoms with van der Waals surface area (Å²) in [6.07, 6.45) is 0.381. The van der Waals surface area contributed by atoms with Crippen LogP contribution in [0.5, 0.6) is 0 Å². The van der Waals surface area contributed by atoms with E-state index in [-0.39, 0.29) is 17.6 Å². The van der Waals surface area contributed by atoms with Gasteiger partial charge in [0.1, 0.15) is 6.04 Å². The Morgan fingerprint density at radius 1 is 1.25 bits per heavy atom. The van der Waals surface area contributed by atoms with E-state index in [9.17, 15) is 14.4 Å². The zero-order valence-corrected chi connectivity index (χ0v) is 12.4. The van der Waals surface area contributed by atoms with E-state index in [2.05, 4.69) is 0 Å². The highest BCUT2D eigenvalue weighted by molar-refractivity contribution is 7.99. The number of piperazine rings is 1. The number of primary amides is 1. The number of thioether (sulfide) groups is 1. The van der Waals surface area contributed by atoms with Gasteiger partial charge in [-0.3, -0.25) is 19.3 Å². The molecule has 1 atom stereocenters. The number of aliphatic carboxylic acids is 1. The third kappa shape index (κ3) is 5.38. The second-order valence-corrected chi connectivity index (χ2v) is 5.81. The molecule has 0 aromatic carbocycles. The van der Waals surface area contributed by atoms with E-state index in [4.69, 9.17) is 10.8 Å².